The van der Waals surface area contributed by atoms with Crippen molar-refractivity contribution in [2.24, 2.45) is 0 Å². The molecule has 7 heteroatoms. The highest BCUT2D eigenvalue weighted by Gasteiger charge is 2.30. The van der Waals surface area contributed by atoms with Gasteiger partial charge in [-0.1, -0.05) is 6.07 Å². The van der Waals surface area contributed by atoms with Crippen molar-refractivity contribution in [2.45, 2.75) is 19.0 Å². The van der Waals surface area contributed by atoms with Gasteiger partial charge in [-0.3, -0.25) is 4.79 Å². The van der Waals surface area contributed by atoms with Crippen LogP contribution in [0.1, 0.15) is 17.5 Å². The molecule has 2 aromatic carbocycles. The van der Waals surface area contributed by atoms with Crippen LogP contribution < -0.4 is 9.64 Å². The molecule has 0 radical (unpaired) electrons. The molecule has 0 aromatic heterocycles. The summed E-state index contributed by atoms with van der Waals surface area (Å²) in [5.41, 5.74) is 0.620. The normalized spacial score (nSPS) is 14.2. The van der Waals surface area contributed by atoms with Crippen LogP contribution in [-0.2, 0) is 17.4 Å². The summed E-state index contributed by atoms with van der Waals surface area (Å²) in [7, 11) is 0. The Morgan fingerprint density at radius 1 is 1.12 bits per heavy atom. The van der Waals surface area contributed by atoms with Crippen LogP contribution in [0.2, 0.25) is 0 Å². The summed E-state index contributed by atoms with van der Waals surface area (Å²) < 4.78 is 56.3. The second-order valence-corrected chi connectivity index (χ2v) is 5.73. The first-order valence-electron chi connectivity index (χ1n) is 7.73. The molecular weight excluding hydrogens is 338 g/mol. The fourth-order valence-electron chi connectivity index (χ4n) is 2.77. The van der Waals surface area contributed by atoms with E-state index in [2.05, 4.69) is 0 Å². The van der Waals surface area contributed by atoms with E-state index in [0.29, 0.717) is 12.2 Å². The van der Waals surface area contributed by atoms with Crippen LogP contribution in [0.5, 0.6) is 5.75 Å². The van der Waals surface area contributed by atoms with Crippen molar-refractivity contribution in [3.8, 4) is 5.75 Å². The van der Waals surface area contributed by atoms with E-state index in [9.17, 15) is 22.4 Å². The van der Waals surface area contributed by atoms with Crippen LogP contribution in [0.15, 0.2) is 42.5 Å². The first kappa shape index (κ1) is 17.3. The minimum atomic E-state index is -4.42. The van der Waals surface area contributed by atoms with Crippen LogP contribution >= 0.6 is 0 Å². The van der Waals surface area contributed by atoms with Crippen LogP contribution in [0.4, 0.5) is 23.2 Å². The predicted octanol–water partition coefficient (Wildman–Crippen LogP) is 4.20. The second kappa shape index (κ2) is 6.74. The van der Waals surface area contributed by atoms with Crippen LogP contribution in [0, 0.1) is 5.82 Å². The Hall–Kier alpha value is -2.57. The Labute approximate surface area is 141 Å². The molecule has 0 aliphatic carbocycles. The van der Waals surface area contributed by atoms with Gasteiger partial charge in [0.25, 0.3) is 5.91 Å². The highest BCUT2D eigenvalue weighted by molar-refractivity contribution is 5.95. The van der Waals surface area contributed by atoms with Gasteiger partial charge in [0.1, 0.15) is 11.6 Å². The van der Waals surface area contributed by atoms with Crippen molar-refractivity contribution in [2.75, 3.05) is 18.1 Å². The van der Waals surface area contributed by atoms with Crippen molar-refractivity contribution < 1.29 is 27.1 Å². The monoisotopic (exact) mass is 353 g/mol. The van der Waals surface area contributed by atoms with Gasteiger partial charge in [0.2, 0.25) is 0 Å². The van der Waals surface area contributed by atoms with Crippen LogP contribution in [0.25, 0.3) is 0 Å². The molecule has 132 valence electrons. The lowest BCUT2D eigenvalue weighted by molar-refractivity contribution is -0.137. The maximum absolute atomic E-state index is 13.5. The molecule has 2 aromatic rings. The van der Waals surface area contributed by atoms with Gasteiger partial charge in [-0.05, 0) is 54.8 Å². The van der Waals surface area contributed by atoms with E-state index in [0.717, 1.165) is 30.5 Å². The Morgan fingerprint density at radius 2 is 1.84 bits per heavy atom. The zero-order chi connectivity index (χ0) is 18.0. The Bertz CT molecular complexity index is 772. The molecule has 3 rings (SSSR count). The van der Waals surface area contributed by atoms with Gasteiger partial charge < -0.3 is 9.64 Å². The van der Waals surface area contributed by atoms with E-state index in [1.54, 1.807) is 6.07 Å². The molecule has 0 bridgehead atoms. The molecule has 0 N–H and O–H groups in total. The number of carbonyl (C=O) groups is 1. The third-order valence-corrected chi connectivity index (χ3v) is 4.01. The molecule has 0 saturated heterocycles. The molecule has 1 amide bonds. The van der Waals surface area contributed by atoms with Crippen molar-refractivity contribution >= 4 is 11.6 Å². The predicted molar refractivity (Wildman–Crippen MR) is 84.0 cm³/mol. The topological polar surface area (TPSA) is 29.5 Å². The zero-order valence-electron chi connectivity index (χ0n) is 13.1. The first-order valence-corrected chi connectivity index (χ1v) is 7.73. The van der Waals surface area contributed by atoms with Crippen molar-refractivity contribution in [1.82, 2.24) is 0 Å². The summed E-state index contributed by atoms with van der Waals surface area (Å²) in [4.78, 5) is 13.8. The number of benzene rings is 2. The molecule has 0 saturated carbocycles. The standard InChI is InChI=1S/C18H15F4NO2/c19-14-6-3-12-2-1-9-23(16(12)10-14)17(24)11-25-15-7-4-13(5-8-15)18(20,21)22/h3-8,10H,1-2,9,11H2. The number of anilines is 1. The molecule has 0 fully saturated rings. The maximum atomic E-state index is 13.5. The van der Waals surface area contributed by atoms with Gasteiger partial charge in [0.15, 0.2) is 6.61 Å². The van der Waals surface area contributed by atoms with Gasteiger partial charge >= 0.3 is 6.18 Å². The number of aryl methyl sites for hydroxylation is 1. The summed E-state index contributed by atoms with van der Waals surface area (Å²) in [5, 5.41) is 0. The largest absolute Gasteiger partial charge is 0.484 e. The molecule has 3 nitrogen and oxygen atoms in total. The lowest BCUT2D eigenvalue weighted by atomic mass is 10.0. The molecule has 1 heterocycles. The van der Waals surface area contributed by atoms with E-state index in [4.69, 9.17) is 4.74 Å². The fourth-order valence-corrected chi connectivity index (χ4v) is 2.77. The smallest absolute Gasteiger partial charge is 0.416 e. The number of alkyl halides is 3. The number of halogens is 4. The van der Waals surface area contributed by atoms with E-state index in [1.807, 2.05) is 0 Å². The van der Waals surface area contributed by atoms with Crippen LogP contribution in [-0.4, -0.2) is 19.1 Å². The minimum Gasteiger partial charge on any atom is -0.484 e. The summed E-state index contributed by atoms with van der Waals surface area (Å²) in [6.07, 6.45) is -2.90. The highest BCUT2D eigenvalue weighted by atomic mass is 19.4. The number of hydrogen-bond acceptors (Lipinski definition) is 2. The van der Waals surface area contributed by atoms with Gasteiger partial charge in [-0.15, -0.1) is 0 Å². The number of carbonyl (C=O) groups excluding carboxylic acids is 1. The van der Waals surface area contributed by atoms with E-state index < -0.39 is 17.6 Å². The number of amides is 1. The van der Waals surface area contributed by atoms with Crippen molar-refractivity contribution in [3.63, 3.8) is 0 Å². The van der Waals surface area contributed by atoms with Crippen molar-refractivity contribution in [1.29, 1.82) is 0 Å². The van der Waals surface area contributed by atoms with Gasteiger partial charge in [0.05, 0.1) is 5.56 Å². The van der Waals surface area contributed by atoms with Gasteiger partial charge in [-0.2, -0.15) is 13.2 Å². The Balaban J connectivity index is 1.67. The molecule has 0 spiro atoms. The SMILES string of the molecule is O=C(COc1ccc(C(F)(F)F)cc1)N1CCCc2ccc(F)cc21. The quantitative estimate of drug-likeness (QED) is 0.774. The van der Waals surface area contributed by atoms with E-state index in [-0.39, 0.29) is 18.3 Å². The average Bonchev–Trinajstić information content (AvgIpc) is 2.58. The summed E-state index contributed by atoms with van der Waals surface area (Å²) in [6.45, 7) is 0.118. The molecular formula is C18H15F4NO2. The Morgan fingerprint density at radius 3 is 2.52 bits per heavy atom. The maximum Gasteiger partial charge on any atom is 0.416 e. The Kier molecular flexibility index (Phi) is 4.65. The lowest BCUT2D eigenvalue weighted by Gasteiger charge is -2.29. The second-order valence-electron chi connectivity index (χ2n) is 5.73. The molecule has 1 aliphatic rings. The molecule has 1 aliphatic heterocycles. The lowest BCUT2D eigenvalue weighted by Crippen LogP contribution is -2.38. The molecule has 25 heavy (non-hydrogen) atoms. The number of fused-ring (bicyclic) bond motifs is 1. The molecule has 0 unspecified atom stereocenters. The third-order valence-electron chi connectivity index (χ3n) is 4.01. The summed E-state index contributed by atoms with van der Waals surface area (Å²) >= 11 is 0. The van der Waals surface area contributed by atoms with Crippen LogP contribution in [0.3, 0.4) is 0 Å². The van der Waals surface area contributed by atoms with Gasteiger partial charge in [-0.25, -0.2) is 4.39 Å². The number of nitrogens with zero attached hydrogens (tertiary/aromatic N) is 1. The first-order chi connectivity index (χ1) is 11.8. The number of hydrogen-bond donors (Lipinski definition) is 0. The molecule has 0 atom stereocenters. The minimum absolute atomic E-state index is 0.165. The average molecular weight is 353 g/mol. The highest BCUT2D eigenvalue weighted by Crippen LogP contribution is 2.31. The van der Waals surface area contributed by atoms with E-state index >= 15 is 0 Å². The van der Waals surface area contributed by atoms with E-state index in [1.165, 1.54) is 29.2 Å². The number of ether oxygens (including phenoxy) is 1. The fraction of sp³-hybridized carbons (Fsp3) is 0.278. The van der Waals surface area contributed by atoms with Crippen molar-refractivity contribution in [3.05, 3.63) is 59.4 Å². The summed E-state index contributed by atoms with van der Waals surface area (Å²) in [6, 6.07) is 8.44. The summed E-state index contributed by atoms with van der Waals surface area (Å²) in [5.74, 6) is -0.633. The number of rotatable bonds is 3. The zero-order valence-corrected chi connectivity index (χ0v) is 13.1. The third kappa shape index (κ3) is 3.92. The van der Waals surface area contributed by atoms with Gasteiger partial charge in [0, 0.05) is 12.2 Å².